The van der Waals surface area contributed by atoms with Gasteiger partial charge in [0.05, 0.1) is 19.1 Å². The van der Waals surface area contributed by atoms with Crippen molar-refractivity contribution in [2.75, 3.05) is 26.8 Å². The molecule has 0 aliphatic rings. The monoisotopic (exact) mass is 364 g/mol. The van der Waals surface area contributed by atoms with Crippen LogP contribution in [0.2, 0.25) is 0 Å². The molecule has 136 valence electrons. The van der Waals surface area contributed by atoms with Gasteiger partial charge in [0.2, 0.25) is 5.91 Å². The van der Waals surface area contributed by atoms with Crippen LogP contribution in [-0.2, 0) is 9.53 Å². The molecule has 0 radical (unpaired) electrons. The maximum absolute atomic E-state index is 11.8. The number of para-hydroxylation sites is 1. The lowest BCUT2D eigenvalue weighted by molar-refractivity contribution is -0.123. The van der Waals surface area contributed by atoms with Crippen molar-refractivity contribution in [3.8, 4) is 16.9 Å². The van der Waals surface area contributed by atoms with Crippen LogP contribution in [0.1, 0.15) is 6.42 Å². The molecule has 3 N–H and O–H groups in total. The molecule has 2 aromatic carbocycles. The Balaban J connectivity index is 0.00000312. The van der Waals surface area contributed by atoms with E-state index >= 15 is 0 Å². The van der Waals surface area contributed by atoms with E-state index in [-0.39, 0.29) is 30.8 Å². The molecule has 0 aliphatic heterocycles. The van der Waals surface area contributed by atoms with Crippen LogP contribution in [0, 0.1) is 0 Å². The topological polar surface area (TPSA) is 73.6 Å². The van der Waals surface area contributed by atoms with Crippen molar-refractivity contribution >= 4 is 18.3 Å². The highest BCUT2D eigenvalue weighted by molar-refractivity contribution is 5.85. The SMILES string of the molecule is COC(CN)CC(=O)NCCOc1ccccc1-c1ccccc1.Cl. The van der Waals surface area contributed by atoms with Crippen LogP contribution in [0.15, 0.2) is 54.6 Å². The van der Waals surface area contributed by atoms with Gasteiger partial charge in [0.1, 0.15) is 12.4 Å². The van der Waals surface area contributed by atoms with Crippen LogP contribution >= 0.6 is 12.4 Å². The summed E-state index contributed by atoms with van der Waals surface area (Å²) in [4.78, 5) is 11.8. The van der Waals surface area contributed by atoms with Gasteiger partial charge in [0.15, 0.2) is 0 Å². The Bertz CT molecular complexity index is 634. The fourth-order valence-corrected chi connectivity index (χ4v) is 2.34. The van der Waals surface area contributed by atoms with Gasteiger partial charge < -0.3 is 20.5 Å². The summed E-state index contributed by atoms with van der Waals surface area (Å²) in [5.41, 5.74) is 7.64. The molecule has 0 fully saturated rings. The van der Waals surface area contributed by atoms with E-state index in [2.05, 4.69) is 5.32 Å². The van der Waals surface area contributed by atoms with Crippen LogP contribution in [0.5, 0.6) is 5.75 Å². The van der Waals surface area contributed by atoms with Crippen molar-refractivity contribution in [3.63, 3.8) is 0 Å². The van der Waals surface area contributed by atoms with Crippen LogP contribution < -0.4 is 15.8 Å². The third-order valence-corrected chi connectivity index (χ3v) is 3.66. The Morgan fingerprint density at radius 2 is 1.80 bits per heavy atom. The summed E-state index contributed by atoms with van der Waals surface area (Å²) in [5, 5.41) is 2.81. The summed E-state index contributed by atoms with van der Waals surface area (Å²) in [7, 11) is 1.55. The fourth-order valence-electron chi connectivity index (χ4n) is 2.34. The molecule has 6 heteroatoms. The molecule has 0 heterocycles. The summed E-state index contributed by atoms with van der Waals surface area (Å²) in [6.07, 6.45) is 0.0119. The number of benzene rings is 2. The molecule has 25 heavy (non-hydrogen) atoms. The van der Waals surface area contributed by atoms with Crippen molar-refractivity contribution in [2.45, 2.75) is 12.5 Å². The highest BCUT2D eigenvalue weighted by Gasteiger charge is 2.11. The van der Waals surface area contributed by atoms with Crippen molar-refractivity contribution < 1.29 is 14.3 Å². The number of carbonyl (C=O) groups is 1. The van der Waals surface area contributed by atoms with Gasteiger partial charge >= 0.3 is 0 Å². The van der Waals surface area contributed by atoms with E-state index in [0.29, 0.717) is 19.7 Å². The second kappa shape index (κ2) is 11.5. The van der Waals surface area contributed by atoms with Crippen LogP contribution in [0.25, 0.3) is 11.1 Å². The first-order valence-electron chi connectivity index (χ1n) is 8.01. The number of nitrogens with two attached hydrogens (primary N) is 1. The number of nitrogens with one attached hydrogen (secondary N) is 1. The number of ether oxygens (including phenoxy) is 2. The molecule has 2 rings (SSSR count). The van der Waals surface area contributed by atoms with E-state index in [0.717, 1.165) is 16.9 Å². The maximum Gasteiger partial charge on any atom is 0.222 e. The van der Waals surface area contributed by atoms with E-state index in [1.165, 1.54) is 0 Å². The number of halogens is 1. The van der Waals surface area contributed by atoms with Gasteiger partial charge in [0.25, 0.3) is 0 Å². The molecule has 5 nitrogen and oxygen atoms in total. The number of carbonyl (C=O) groups excluding carboxylic acids is 1. The van der Waals surface area contributed by atoms with Gasteiger partial charge in [-0.25, -0.2) is 0 Å². The van der Waals surface area contributed by atoms with E-state index in [9.17, 15) is 4.79 Å². The first-order chi connectivity index (χ1) is 11.7. The molecule has 0 saturated carbocycles. The Morgan fingerprint density at radius 3 is 2.48 bits per heavy atom. The molecular formula is C19H25ClN2O3. The van der Waals surface area contributed by atoms with E-state index in [4.69, 9.17) is 15.2 Å². The highest BCUT2D eigenvalue weighted by atomic mass is 35.5. The number of hydrogen-bond donors (Lipinski definition) is 2. The van der Waals surface area contributed by atoms with Crippen molar-refractivity contribution in [1.82, 2.24) is 5.32 Å². The molecule has 0 bridgehead atoms. The molecule has 1 amide bonds. The zero-order chi connectivity index (χ0) is 17.2. The quantitative estimate of drug-likeness (QED) is 0.671. The van der Waals surface area contributed by atoms with Gasteiger partial charge in [-0.2, -0.15) is 0 Å². The number of rotatable bonds is 9. The first-order valence-corrected chi connectivity index (χ1v) is 8.01. The molecule has 2 aromatic rings. The largest absolute Gasteiger partial charge is 0.491 e. The smallest absolute Gasteiger partial charge is 0.222 e. The predicted molar refractivity (Wildman–Crippen MR) is 102 cm³/mol. The average molecular weight is 365 g/mol. The fraction of sp³-hybridized carbons (Fsp3) is 0.316. The Morgan fingerprint density at radius 1 is 1.12 bits per heavy atom. The second-order valence-corrected chi connectivity index (χ2v) is 5.36. The number of methoxy groups -OCH3 is 1. The summed E-state index contributed by atoms with van der Waals surface area (Å²) in [6, 6.07) is 17.9. The maximum atomic E-state index is 11.8. The molecule has 1 unspecified atom stereocenters. The lowest BCUT2D eigenvalue weighted by atomic mass is 10.1. The minimum atomic E-state index is -0.246. The lowest BCUT2D eigenvalue weighted by Gasteiger charge is -2.14. The van der Waals surface area contributed by atoms with Crippen molar-refractivity contribution in [2.24, 2.45) is 5.73 Å². The molecule has 0 aromatic heterocycles. The van der Waals surface area contributed by atoms with Crippen LogP contribution in [0.4, 0.5) is 0 Å². The summed E-state index contributed by atoms with van der Waals surface area (Å²) in [5.74, 6) is 0.710. The van der Waals surface area contributed by atoms with Gasteiger partial charge in [-0.1, -0.05) is 48.5 Å². The molecule has 0 aliphatic carbocycles. The Labute approximate surface area is 154 Å². The summed E-state index contributed by atoms with van der Waals surface area (Å²) < 4.78 is 10.9. The van der Waals surface area contributed by atoms with Crippen molar-refractivity contribution in [1.29, 1.82) is 0 Å². The van der Waals surface area contributed by atoms with Gasteiger partial charge in [0, 0.05) is 19.2 Å². The van der Waals surface area contributed by atoms with E-state index < -0.39 is 0 Å². The Kier molecular flexibility index (Phi) is 9.62. The average Bonchev–Trinajstić information content (AvgIpc) is 2.64. The minimum Gasteiger partial charge on any atom is -0.491 e. The zero-order valence-corrected chi connectivity index (χ0v) is 15.1. The molecular weight excluding hydrogens is 340 g/mol. The molecule has 1 atom stereocenters. The number of amides is 1. The molecule has 0 saturated heterocycles. The third kappa shape index (κ3) is 6.74. The van der Waals surface area contributed by atoms with E-state index in [1.54, 1.807) is 7.11 Å². The van der Waals surface area contributed by atoms with E-state index in [1.807, 2.05) is 54.6 Å². The first kappa shape index (κ1) is 21.0. The normalized spacial score (nSPS) is 11.3. The highest BCUT2D eigenvalue weighted by Crippen LogP contribution is 2.29. The van der Waals surface area contributed by atoms with Gasteiger partial charge in [-0.3, -0.25) is 4.79 Å². The third-order valence-electron chi connectivity index (χ3n) is 3.66. The number of hydrogen-bond acceptors (Lipinski definition) is 4. The zero-order valence-electron chi connectivity index (χ0n) is 14.3. The van der Waals surface area contributed by atoms with Gasteiger partial charge in [-0.15, -0.1) is 12.4 Å². The Hall–Kier alpha value is -2.08. The second-order valence-electron chi connectivity index (χ2n) is 5.36. The lowest BCUT2D eigenvalue weighted by Crippen LogP contribution is -2.34. The predicted octanol–water partition coefficient (Wildman–Crippen LogP) is 2.63. The van der Waals surface area contributed by atoms with Crippen molar-refractivity contribution in [3.05, 3.63) is 54.6 Å². The summed E-state index contributed by atoms with van der Waals surface area (Å²) in [6.45, 7) is 1.16. The summed E-state index contributed by atoms with van der Waals surface area (Å²) >= 11 is 0. The standard InChI is InChI=1S/C19H24N2O3.ClH/c1-23-16(14-20)13-19(22)21-11-12-24-18-10-6-5-9-17(18)15-7-3-2-4-8-15;/h2-10,16H,11-14,20H2,1H3,(H,21,22);1H. The van der Waals surface area contributed by atoms with Crippen LogP contribution in [0.3, 0.4) is 0 Å². The molecule has 0 spiro atoms. The van der Waals surface area contributed by atoms with Crippen LogP contribution in [-0.4, -0.2) is 38.8 Å². The minimum absolute atomic E-state index is 0. The van der Waals surface area contributed by atoms with Gasteiger partial charge in [-0.05, 0) is 11.6 Å².